The molecule has 27 heavy (non-hydrogen) atoms. The maximum absolute atomic E-state index is 9.88. The molecule has 0 aliphatic rings. The summed E-state index contributed by atoms with van der Waals surface area (Å²) in [6.45, 7) is 0. The summed E-state index contributed by atoms with van der Waals surface area (Å²) >= 11 is 0. The Morgan fingerprint density at radius 3 is 0.963 bits per heavy atom. The van der Waals surface area contributed by atoms with E-state index in [1.54, 1.807) is 0 Å². The Balaban J connectivity index is -0.0000000272. The summed E-state index contributed by atoms with van der Waals surface area (Å²) < 4.78 is 0. The van der Waals surface area contributed by atoms with Crippen LogP contribution in [-0.4, -0.2) is 125 Å². The average molecular weight is 488 g/mol. The minimum atomic E-state index is -1.42. The molecule has 0 aromatic carbocycles. The summed E-state index contributed by atoms with van der Waals surface area (Å²) in [6, 6.07) is -2.34. The number of aliphatic carboxylic acids is 4. The second-order valence-corrected chi connectivity index (χ2v) is 3.72. The van der Waals surface area contributed by atoms with E-state index >= 15 is 0 Å². The first-order valence-electron chi connectivity index (χ1n) is 5.44. The van der Waals surface area contributed by atoms with Gasteiger partial charge in [0.2, 0.25) is 0 Å². The molecule has 18 N–H and O–H groups in total. The fraction of sp³-hybridized carbons (Fsp3) is 0.600. The van der Waals surface area contributed by atoms with E-state index in [1.807, 2.05) is 0 Å². The van der Waals surface area contributed by atoms with Gasteiger partial charge in [0.15, 0.2) is 0 Å². The van der Waals surface area contributed by atoms with E-state index in [0.29, 0.717) is 0 Å². The molecule has 0 unspecified atom stereocenters. The quantitative estimate of drug-likeness (QED) is 0.234. The fourth-order valence-corrected chi connectivity index (χ4v) is 0.794. The van der Waals surface area contributed by atoms with Crippen molar-refractivity contribution in [2.24, 2.45) is 11.5 Å². The molecule has 0 aromatic heterocycles. The molecular formula is C10H28N2O14Sr. The van der Waals surface area contributed by atoms with Gasteiger partial charge < -0.3 is 74.3 Å². The van der Waals surface area contributed by atoms with Gasteiger partial charge in [-0.15, -0.1) is 0 Å². The number of carboxylic acid groups (broad SMARTS) is 4. The van der Waals surface area contributed by atoms with Crippen LogP contribution in [0.25, 0.3) is 0 Å². The third-order valence-electron chi connectivity index (χ3n) is 1.94. The van der Waals surface area contributed by atoms with Crippen LogP contribution in [0.1, 0.15) is 25.7 Å². The fourth-order valence-electron chi connectivity index (χ4n) is 0.794. The summed E-state index contributed by atoms with van der Waals surface area (Å²) in [5.74, 6) is -4.95. The number of carbonyl (C=O) groups excluding carboxylic acids is 2. The molecule has 0 aliphatic carbocycles. The van der Waals surface area contributed by atoms with Gasteiger partial charge in [0.05, 0.1) is 11.9 Å². The first-order chi connectivity index (χ1) is 9.07. The predicted molar refractivity (Wildman–Crippen MR) is 87.1 cm³/mol. The number of carbonyl (C=O) groups is 4. The summed E-state index contributed by atoms with van der Waals surface area (Å²) in [4.78, 5) is 39.5. The Bertz CT molecular complexity index is 336. The van der Waals surface area contributed by atoms with E-state index in [2.05, 4.69) is 0 Å². The van der Waals surface area contributed by atoms with Gasteiger partial charge in [-0.25, -0.2) is 0 Å². The van der Waals surface area contributed by atoms with Crippen molar-refractivity contribution in [2.45, 2.75) is 37.8 Å². The van der Waals surface area contributed by atoms with Crippen molar-refractivity contribution < 1.29 is 72.5 Å². The zero-order chi connectivity index (χ0) is 16.3. The first-order valence-corrected chi connectivity index (χ1v) is 5.44. The molecule has 0 bridgehead atoms. The van der Waals surface area contributed by atoms with Crippen molar-refractivity contribution >= 4 is 69.4 Å². The van der Waals surface area contributed by atoms with Crippen molar-refractivity contribution in [1.29, 1.82) is 0 Å². The van der Waals surface area contributed by atoms with Crippen LogP contribution in [0.5, 0.6) is 0 Å². The first kappa shape index (κ1) is 56.2. The number of hydrogen-bond donors (Lipinski definition) is 4. The molecule has 0 amide bonds. The van der Waals surface area contributed by atoms with Crippen LogP contribution in [0.3, 0.4) is 0 Å². The van der Waals surface area contributed by atoms with Crippen molar-refractivity contribution in [3.8, 4) is 0 Å². The van der Waals surface area contributed by atoms with Crippen LogP contribution in [0.4, 0.5) is 0 Å². The van der Waals surface area contributed by atoms with Crippen LogP contribution in [0.15, 0.2) is 0 Å². The SMILES string of the molecule is N[C@@H](CCC(=O)O)C(=O)[O-].N[C@@H](CCC(=O)O)C(=O)[O-].O.O.O.O.O.O.[Sr+2]. The van der Waals surface area contributed by atoms with Gasteiger partial charge in [-0.2, -0.15) is 0 Å². The molecule has 0 aromatic rings. The van der Waals surface area contributed by atoms with E-state index in [-0.39, 0.29) is 104 Å². The molecule has 0 fully saturated rings. The van der Waals surface area contributed by atoms with E-state index < -0.39 is 36.0 Å². The monoisotopic (exact) mass is 488 g/mol. The maximum atomic E-state index is 9.88. The third-order valence-corrected chi connectivity index (χ3v) is 1.94. The van der Waals surface area contributed by atoms with Gasteiger partial charge in [0, 0.05) is 24.9 Å². The molecule has 17 heteroatoms. The van der Waals surface area contributed by atoms with E-state index in [0.717, 1.165) is 0 Å². The molecule has 0 rings (SSSR count). The number of rotatable bonds is 8. The Kier molecular flexibility index (Phi) is 68.1. The standard InChI is InChI=1S/2C5H9NO4.6H2O.Sr/c2*6-3(5(9)10)1-2-4(7)8;;;;;;;/h2*3H,1-2,6H2,(H,7,8)(H,9,10);6*1H2;/q;;;;;;;;+2/p-2/t2*3-;;;;;;;/m00......./s1. The Hall–Kier alpha value is -0.959. The number of hydrogen-bond acceptors (Lipinski definition) is 8. The summed E-state index contributed by atoms with van der Waals surface area (Å²) in [5.41, 5.74) is 9.88. The Morgan fingerprint density at radius 2 is 0.852 bits per heavy atom. The Morgan fingerprint density at radius 1 is 0.667 bits per heavy atom. The van der Waals surface area contributed by atoms with Gasteiger partial charge in [-0.1, -0.05) is 0 Å². The topological polar surface area (TPSA) is 396 Å². The van der Waals surface area contributed by atoms with E-state index in [1.165, 1.54) is 0 Å². The van der Waals surface area contributed by atoms with Crippen molar-refractivity contribution in [3.63, 3.8) is 0 Å². The van der Waals surface area contributed by atoms with Gasteiger partial charge in [0.1, 0.15) is 0 Å². The van der Waals surface area contributed by atoms with Crippen molar-refractivity contribution in [3.05, 3.63) is 0 Å². The molecule has 2 atom stereocenters. The average Bonchev–Trinajstić information content (AvgIpc) is 2.33. The van der Waals surface area contributed by atoms with Crippen molar-refractivity contribution in [1.82, 2.24) is 0 Å². The second-order valence-electron chi connectivity index (χ2n) is 3.72. The van der Waals surface area contributed by atoms with Crippen LogP contribution in [-0.2, 0) is 19.2 Å². The molecule has 0 spiro atoms. The van der Waals surface area contributed by atoms with Gasteiger partial charge in [0.25, 0.3) is 0 Å². The smallest absolute Gasteiger partial charge is 0.548 e. The molecule has 0 saturated carbocycles. The van der Waals surface area contributed by atoms with E-state index in [4.69, 9.17) is 21.7 Å². The Labute approximate surface area is 190 Å². The molecule has 16 nitrogen and oxygen atoms in total. The second kappa shape index (κ2) is 32.7. The van der Waals surface area contributed by atoms with Crippen LogP contribution in [0, 0.1) is 0 Å². The van der Waals surface area contributed by atoms with Crippen LogP contribution < -0.4 is 21.7 Å². The minimum Gasteiger partial charge on any atom is -0.548 e. The normalized spacial score (nSPS) is 9.26. The summed E-state index contributed by atoms with van der Waals surface area (Å²) in [5, 5.41) is 35.9. The zero-order valence-corrected chi connectivity index (χ0v) is 17.7. The summed E-state index contributed by atoms with van der Waals surface area (Å²) in [6.07, 6.45) is -0.653. The predicted octanol–water partition coefficient (Wildman–Crippen LogP) is -9.47. The van der Waals surface area contributed by atoms with Crippen LogP contribution in [0.2, 0.25) is 0 Å². The van der Waals surface area contributed by atoms with Crippen LogP contribution >= 0.6 is 0 Å². The minimum absolute atomic E-state index is 0. The molecule has 0 radical (unpaired) electrons. The van der Waals surface area contributed by atoms with Gasteiger partial charge >= 0.3 is 57.4 Å². The maximum Gasteiger partial charge on any atom is 2.00 e. The molecule has 164 valence electrons. The number of nitrogens with two attached hydrogens (primary N) is 2. The largest absolute Gasteiger partial charge is 2.00 e. The summed E-state index contributed by atoms with van der Waals surface area (Å²) in [7, 11) is 0. The van der Waals surface area contributed by atoms with Crippen molar-refractivity contribution in [2.75, 3.05) is 0 Å². The molecule has 0 heterocycles. The number of carboxylic acids is 4. The molecular weight excluding hydrogens is 460 g/mol. The zero-order valence-electron chi connectivity index (χ0n) is 14.2. The molecule has 0 aliphatic heterocycles. The van der Waals surface area contributed by atoms with E-state index in [9.17, 15) is 29.4 Å². The van der Waals surface area contributed by atoms with Gasteiger partial charge in [-0.3, -0.25) is 9.59 Å². The van der Waals surface area contributed by atoms with Gasteiger partial charge in [-0.05, 0) is 12.8 Å². The third kappa shape index (κ3) is 45.8. The molecule has 0 saturated heterocycles.